The van der Waals surface area contributed by atoms with Crippen molar-refractivity contribution >= 4 is 5.91 Å². The van der Waals surface area contributed by atoms with E-state index in [1.807, 2.05) is 0 Å². The zero-order valence-corrected chi connectivity index (χ0v) is 8.58. The summed E-state index contributed by atoms with van der Waals surface area (Å²) in [6.45, 7) is -0.0438. The van der Waals surface area contributed by atoms with Crippen LogP contribution in [0.25, 0.3) is 0 Å². The molecule has 0 spiro atoms. The monoisotopic (exact) mass is 238 g/mol. The molecule has 0 radical (unpaired) electrons. The Labute approximate surface area is 94.8 Å². The first-order chi connectivity index (χ1) is 8.16. The van der Waals surface area contributed by atoms with Crippen molar-refractivity contribution < 1.29 is 13.6 Å². The second-order valence-electron chi connectivity index (χ2n) is 3.27. The SMILES string of the molecule is O=C(NCc1ccc(F)cc1F)c1cn[nH]n1. The van der Waals surface area contributed by atoms with Gasteiger partial charge in [0.05, 0.1) is 6.20 Å². The van der Waals surface area contributed by atoms with Crippen molar-refractivity contribution in [2.45, 2.75) is 6.54 Å². The third-order valence-electron chi connectivity index (χ3n) is 2.10. The first-order valence-corrected chi connectivity index (χ1v) is 4.74. The number of hydrogen-bond donors (Lipinski definition) is 2. The van der Waals surface area contributed by atoms with Gasteiger partial charge < -0.3 is 5.32 Å². The number of nitrogens with zero attached hydrogens (tertiary/aromatic N) is 2. The summed E-state index contributed by atoms with van der Waals surface area (Å²) < 4.78 is 25.8. The van der Waals surface area contributed by atoms with Crippen LogP contribution in [-0.4, -0.2) is 21.3 Å². The van der Waals surface area contributed by atoms with E-state index in [1.165, 1.54) is 12.3 Å². The van der Waals surface area contributed by atoms with Crippen molar-refractivity contribution in [3.05, 3.63) is 47.3 Å². The number of hydrogen-bond acceptors (Lipinski definition) is 3. The molecule has 0 saturated heterocycles. The van der Waals surface area contributed by atoms with Gasteiger partial charge in [0, 0.05) is 18.2 Å². The normalized spacial score (nSPS) is 10.2. The zero-order valence-electron chi connectivity index (χ0n) is 8.58. The molecular weight excluding hydrogens is 230 g/mol. The number of amides is 1. The molecule has 0 saturated carbocycles. The Hall–Kier alpha value is -2.31. The van der Waals surface area contributed by atoms with Crippen molar-refractivity contribution in [3.8, 4) is 0 Å². The molecule has 0 fully saturated rings. The maximum absolute atomic E-state index is 13.2. The van der Waals surface area contributed by atoms with E-state index >= 15 is 0 Å². The second-order valence-corrected chi connectivity index (χ2v) is 3.27. The van der Waals surface area contributed by atoms with E-state index in [2.05, 4.69) is 20.7 Å². The number of benzene rings is 1. The number of aromatic amines is 1. The number of H-pyrrole nitrogens is 1. The van der Waals surface area contributed by atoms with Crippen LogP contribution in [0.15, 0.2) is 24.4 Å². The van der Waals surface area contributed by atoms with Crippen LogP contribution in [0.5, 0.6) is 0 Å². The number of carbonyl (C=O) groups is 1. The van der Waals surface area contributed by atoms with Crippen LogP contribution >= 0.6 is 0 Å². The van der Waals surface area contributed by atoms with Gasteiger partial charge in [-0.25, -0.2) is 8.78 Å². The standard InChI is InChI=1S/C10H8F2N4O/c11-7-2-1-6(8(12)3-7)4-13-10(17)9-5-14-16-15-9/h1-3,5H,4H2,(H,13,17)(H,14,15,16). The van der Waals surface area contributed by atoms with E-state index in [-0.39, 0.29) is 17.8 Å². The summed E-state index contributed by atoms with van der Waals surface area (Å²) >= 11 is 0. The topological polar surface area (TPSA) is 70.7 Å². The van der Waals surface area contributed by atoms with E-state index in [4.69, 9.17) is 0 Å². The van der Waals surface area contributed by atoms with Crippen LogP contribution in [0, 0.1) is 11.6 Å². The van der Waals surface area contributed by atoms with Crippen LogP contribution in [0.1, 0.15) is 16.1 Å². The van der Waals surface area contributed by atoms with Gasteiger partial charge in [-0.1, -0.05) is 6.07 Å². The van der Waals surface area contributed by atoms with Crippen molar-refractivity contribution in [2.75, 3.05) is 0 Å². The lowest BCUT2D eigenvalue weighted by atomic mass is 10.2. The van der Waals surface area contributed by atoms with Gasteiger partial charge in [0.2, 0.25) is 0 Å². The average molecular weight is 238 g/mol. The van der Waals surface area contributed by atoms with Gasteiger partial charge in [0.25, 0.3) is 5.91 Å². The van der Waals surface area contributed by atoms with Gasteiger partial charge in [-0.05, 0) is 6.07 Å². The van der Waals surface area contributed by atoms with Crippen LogP contribution in [0.2, 0.25) is 0 Å². The Bertz CT molecular complexity index is 527. The molecule has 0 aliphatic heterocycles. The molecule has 5 nitrogen and oxygen atoms in total. The molecule has 0 bridgehead atoms. The molecule has 1 amide bonds. The first-order valence-electron chi connectivity index (χ1n) is 4.74. The van der Waals surface area contributed by atoms with Crippen molar-refractivity contribution in [2.24, 2.45) is 0 Å². The van der Waals surface area contributed by atoms with Crippen LogP contribution < -0.4 is 5.32 Å². The molecule has 2 aromatic rings. The van der Waals surface area contributed by atoms with Gasteiger partial charge in [-0.15, -0.1) is 0 Å². The molecule has 2 rings (SSSR count). The molecule has 1 heterocycles. The summed E-state index contributed by atoms with van der Waals surface area (Å²) in [7, 11) is 0. The van der Waals surface area contributed by atoms with Crippen molar-refractivity contribution in [1.29, 1.82) is 0 Å². The number of carbonyl (C=O) groups excluding carboxylic acids is 1. The lowest BCUT2D eigenvalue weighted by Crippen LogP contribution is -2.23. The average Bonchev–Trinajstić information content (AvgIpc) is 2.81. The highest BCUT2D eigenvalue weighted by Gasteiger charge is 2.09. The highest BCUT2D eigenvalue weighted by Crippen LogP contribution is 2.09. The smallest absolute Gasteiger partial charge is 0.273 e. The molecule has 2 N–H and O–H groups in total. The number of halogens is 2. The third kappa shape index (κ3) is 2.63. The molecule has 0 aliphatic rings. The predicted molar refractivity (Wildman–Crippen MR) is 53.9 cm³/mol. The molecule has 0 atom stereocenters. The molecule has 88 valence electrons. The Morgan fingerprint density at radius 3 is 2.88 bits per heavy atom. The maximum Gasteiger partial charge on any atom is 0.273 e. The lowest BCUT2D eigenvalue weighted by molar-refractivity contribution is 0.0945. The van der Waals surface area contributed by atoms with Gasteiger partial charge in [-0.2, -0.15) is 15.4 Å². The van der Waals surface area contributed by atoms with Crippen LogP contribution in [-0.2, 0) is 6.54 Å². The minimum Gasteiger partial charge on any atom is -0.346 e. The number of nitrogens with one attached hydrogen (secondary N) is 2. The third-order valence-corrected chi connectivity index (χ3v) is 2.10. The van der Waals surface area contributed by atoms with Gasteiger partial charge >= 0.3 is 0 Å². The first kappa shape index (κ1) is 11.2. The molecular formula is C10H8F2N4O. The van der Waals surface area contributed by atoms with Crippen LogP contribution in [0.3, 0.4) is 0 Å². The molecule has 1 aromatic heterocycles. The number of aromatic nitrogens is 3. The summed E-state index contributed by atoms with van der Waals surface area (Å²) in [6, 6.07) is 3.16. The van der Waals surface area contributed by atoms with E-state index in [0.29, 0.717) is 0 Å². The maximum atomic E-state index is 13.2. The summed E-state index contributed by atoms with van der Waals surface area (Å²) in [6.07, 6.45) is 1.25. The van der Waals surface area contributed by atoms with Crippen LogP contribution in [0.4, 0.5) is 8.78 Å². The number of rotatable bonds is 3. The largest absolute Gasteiger partial charge is 0.346 e. The van der Waals surface area contributed by atoms with Gasteiger partial charge in [0.1, 0.15) is 11.6 Å². The minimum absolute atomic E-state index is 0.0438. The molecule has 0 aliphatic carbocycles. The van der Waals surface area contributed by atoms with E-state index < -0.39 is 17.5 Å². The quantitative estimate of drug-likeness (QED) is 0.838. The Kier molecular flexibility index (Phi) is 3.08. The van der Waals surface area contributed by atoms with Gasteiger partial charge in [0.15, 0.2) is 5.69 Å². The van der Waals surface area contributed by atoms with E-state index in [0.717, 1.165) is 12.1 Å². The Morgan fingerprint density at radius 1 is 1.41 bits per heavy atom. The minimum atomic E-state index is -0.703. The second kappa shape index (κ2) is 4.69. The Balaban J connectivity index is 2.01. The fourth-order valence-electron chi connectivity index (χ4n) is 1.24. The lowest BCUT2D eigenvalue weighted by Gasteiger charge is -2.04. The highest BCUT2D eigenvalue weighted by atomic mass is 19.1. The molecule has 7 heteroatoms. The van der Waals surface area contributed by atoms with E-state index in [1.54, 1.807) is 0 Å². The Morgan fingerprint density at radius 2 is 2.24 bits per heavy atom. The van der Waals surface area contributed by atoms with E-state index in [9.17, 15) is 13.6 Å². The summed E-state index contributed by atoms with van der Waals surface area (Å²) in [5.74, 6) is -1.85. The van der Waals surface area contributed by atoms with Gasteiger partial charge in [-0.3, -0.25) is 4.79 Å². The summed E-state index contributed by atoms with van der Waals surface area (Å²) in [5.41, 5.74) is 0.302. The summed E-state index contributed by atoms with van der Waals surface area (Å²) in [4.78, 5) is 11.4. The fourth-order valence-corrected chi connectivity index (χ4v) is 1.24. The molecule has 1 aromatic carbocycles. The fraction of sp³-hybridized carbons (Fsp3) is 0.100. The summed E-state index contributed by atoms with van der Waals surface area (Å²) in [5, 5.41) is 11.8. The molecule has 0 unspecified atom stereocenters. The van der Waals surface area contributed by atoms with Crippen molar-refractivity contribution in [3.63, 3.8) is 0 Å². The zero-order chi connectivity index (χ0) is 12.3. The highest BCUT2D eigenvalue weighted by molar-refractivity contribution is 5.91. The molecule has 17 heavy (non-hydrogen) atoms. The predicted octanol–water partition coefficient (Wildman–Crippen LogP) is 1.01. The van der Waals surface area contributed by atoms with Crippen molar-refractivity contribution in [1.82, 2.24) is 20.7 Å².